The van der Waals surface area contributed by atoms with E-state index in [1.165, 1.54) is 173 Å². The molecule has 0 bridgehead atoms. The van der Waals surface area contributed by atoms with Crippen LogP contribution in [-0.2, 0) is 14.4 Å². The maximum absolute atomic E-state index is 13.7. The van der Waals surface area contributed by atoms with E-state index in [9.17, 15) is 14.4 Å². The number of rotatable bonds is 45. The van der Waals surface area contributed by atoms with Gasteiger partial charge in [-0.1, -0.05) is 238 Å². The van der Waals surface area contributed by atoms with Crippen molar-refractivity contribution >= 4 is 17.9 Å². The molecule has 0 saturated carbocycles. The predicted molar refractivity (Wildman–Crippen MR) is 234 cm³/mol. The van der Waals surface area contributed by atoms with E-state index in [1.54, 1.807) is 0 Å². The molecule has 3 heteroatoms. The molecule has 0 aliphatic rings. The van der Waals surface area contributed by atoms with Gasteiger partial charge in [-0.25, -0.2) is 0 Å². The second-order valence-corrected chi connectivity index (χ2v) is 16.9. The van der Waals surface area contributed by atoms with E-state index < -0.39 is 5.41 Å². The van der Waals surface area contributed by atoms with E-state index in [1.807, 2.05) is 0 Å². The molecule has 312 valence electrons. The molecule has 0 heterocycles. The summed E-state index contributed by atoms with van der Waals surface area (Å²) in [6, 6.07) is 0. The third kappa shape index (κ3) is 32.7. The maximum Gasteiger partial charge on any atom is 0.153 e. The quantitative estimate of drug-likeness (QED) is 0.0270. The molecule has 0 aromatic heterocycles. The normalized spacial score (nSPS) is 11.9. The fourth-order valence-electron chi connectivity index (χ4n) is 7.98. The zero-order valence-corrected chi connectivity index (χ0v) is 36.4. The molecule has 0 radical (unpaired) electrons. The van der Waals surface area contributed by atoms with Crippen molar-refractivity contribution in [1.29, 1.82) is 0 Å². The van der Waals surface area contributed by atoms with Gasteiger partial charge >= 0.3 is 0 Å². The first-order valence-electron chi connectivity index (χ1n) is 24.3. The minimum absolute atomic E-state index is 0.0899. The van der Waals surface area contributed by atoms with Crippen molar-refractivity contribution in [3.05, 3.63) is 12.2 Å². The largest absolute Gasteiger partial charge is 0.302 e. The number of unbranched alkanes of at least 4 members (excludes halogenated alkanes) is 34. The van der Waals surface area contributed by atoms with Gasteiger partial charge in [0, 0.05) is 12.8 Å². The number of allylic oxidation sites excluding steroid dienone is 2. The van der Waals surface area contributed by atoms with E-state index in [2.05, 4.69) is 32.9 Å². The van der Waals surface area contributed by atoms with E-state index >= 15 is 0 Å². The number of ketones is 2. The zero-order valence-electron chi connectivity index (χ0n) is 36.4. The number of aldehydes is 1. The van der Waals surface area contributed by atoms with E-state index in [0.717, 1.165) is 76.9 Å². The minimum atomic E-state index is -1.40. The third-order valence-corrected chi connectivity index (χ3v) is 11.8. The van der Waals surface area contributed by atoms with Gasteiger partial charge in [-0.3, -0.25) is 9.59 Å². The van der Waals surface area contributed by atoms with Crippen molar-refractivity contribution < 1.29 is 14.4 Å². The molecule has 0 aliphatic carbocycles. The van der Waals surface area contributed by atoms with Gasteiger partial charge in [0.25, 0.3) is 0 Å². The van der Waals surface area contributed by atoms with Gasteiger partial charge in [0.1, 0.15) is 11.7 Å². The van der Waals surface area contributed by atoms with Gasteiger partial charge < -0.3 is 4.79 Å². The summed E-state index contributed by atoms with van der Waals surface area (Å²) in [5, 5.41) is 0. The van der Waals surface area contributed by atoms with Crippen molar-refractivity contribution in [3.63, 3.8) is 0 Å². The molecule has 0 saturated heterocycles. The van der Waals surface area contributed by atoms with E-state index in [0.29, 0.717) is 19.3 Å². The Balaban J connectivity index is 4.56. The van der Waals surface area contributed by atoms with Crippen LogP contribution in [0.2, 0.25) is 0 Å². The highest BCUT2D eigenvalue weighted by Crippen LogP contribution is 2.31. The molecule has 0 fully saturated rings. The van der Waals surface area contributed by atoms with Crippen molar-refractivity contribution in [3.8, 4) is 0 Å². The summed E-state index contributed by atoms with van der Waals surface area (Å²) in [6.45, 7) is 6.81. The van der Waals surface area contributed by atoms with Gasteiger partial charge in [0.2, 0.25) is 0 Å². The van der Waals surface area contributed by atoms with Crippen LogP contribution in [0.5, 0.6) is 0 Å². The molecular weight excluding hydrogens is 649 g/mol. The van der Waals surface area contributed by atoms with Crippen LogP contribution in [0.25, 0.3) is 0 Å². The SMILES string of the molecule is CCCCCCCCC=CCCCCCCC(C=O)(C(=O)CCCCCCCCCCCCCCC)C(=O)CCCCCCCCCCCCCCC. The number of hydrogen-bond donors (Lipinski definition) is 0. The highest BCUT2D eigenvalue weighted by atomic mass is 16.2. The standard InChI is InChI=1S/C50H94O3/c1-4-7-10-13-16-19-22-25-28-31-34-37-40-43-46-50(47-51,48(52)44-41-38-35-32-29-26-23-20-17-14-11-8-5-2)49(53)45-42-39-36-33-30-27-24-21-18-15-12-9-6-3/h25,28,47H,4-24,26-27,29-46H2,1-3H3. The van der Waals surface area contributed by atoms with Gasteiger partial charge in [-0.05, 0) is 44.9 Å². The minimum Gasteiger partial charge on any atom is -0.302 e. The molecule has 0 atom stereocenters. The first-order chi connectivity index (χ1) is 26.1. The Morgan fingerprint density at radius 2 is 0.585 bits per heavy atom. The Bertz CT molecular complexity index is 771. The van der Waals surface area contributed by atoms with Crippen molar-refractivity contribution in [2.24, 2.45) is 5.41 Å². The van der Waals surface area contributed by atoms with Gasteiger partial charge in [-0.15, -0.1) is 0 Å². The monoisotopic (exact) mass is 743 g/mol. The summed E-state index contributed by atoms with van der Waals surface area (Å²) in [5.74, 6) is -0.180. The summed E-state index contributed by atoms with van der Waals surface area (Å²) in [5.41, 5.74) is -1.40. The second kappa shape index (κ2) is 41.9. The molecule has 0 aromatic rings. The topological polar surface area (TPSA) is 51.2 Å². The van der Waals surface area contributed by atoms with Crippen LogP contribution in [-0.4, -0.2) is 17.9 Å². The number of hydrogen-bond acceptors (Lipinski definition) is 3. The number of carbonyl (C=O) groups is 3. The lowest BCUT2D eigenvalue weighted by Crippen LogP contribution is -2.41. The Hall–Kier alpha value is -1.25. The first-order valence-corrected chi connectivity index (χ1v) is 24.3. The summed E-state index contributed by atoms with van der Waals surface area (Å²) in [6.07, 6.45) is 53.8. The fraction of sp³-hybridized carbons (Fsp3) is 0.900. The predicted octanol–water partition coefficient (Wildman–Crippen LogP) is 16.9. The Kier molecular flexibility index (Phi) is 40.9. The number of Topliss-reactive ketones (excluding diaryl/α,β-unsaturated/α-hetero) is 2. The van der Waals surface area contributed by atoms with Gasteiger partial charge in [0.15, 0.2) is 11.6 Å². The summed E-state index contributed by atoms with van der Waals surface area (Å²) in [7, 11) is 0. The molecule has 0 rings (SSSR count). The summed E-state index contributed by atoms with van der Waals surface area (Å²) >= 11 is 0. The van der Waals surface area contributed by atoms with Crippen LogP contribution in [0.15, 0.2) is 12.2 Å². The molecule has 3 nitrogen and oxygen atoms in total. The van der Waals surface area contributed by atoms with Gasteiger partial charge in [0.05, 0.1) is 0 Å². The number of carbonyl (C=O) groups excluding carboxylic acids is 3. The average molecular weight is 743 g/mol. The molecule has 0 spiro atoms. The van der Waals surface area contributed by atoms with Crippen LogP contribution < -0.4 is 0 Å². The molecule has 0 unspecified atom stereocenters. The van der Waals surface area contributed by atoms with Gasteiger partial charge in [-0.2, -0.15) is 0 Å². The Morgan fingerprint density at radius 1 is 0.340 bits per heavy atom. The average Bonchev–Trinajstić information content (AvgIpc) is 3.17. The fourth-order valence-corrected chi connectivity index (χ4v) is 7.98. The Labute approximate surface area is 332 Å². The molecule has 0 aromatic carbocycles. The zero-order chi connectivity index (χ0) is 38.8. The molecule has 0 N–H and O–H groups in total. The highest BCUT2D eigenvalue weighted by Gasteiger charge is 2.43. The third-order valence-electron chi connectivity index (χ3n) is 11.8. The van der Waals surface area contributed by atoms with Crippen LogP contribution in [0, 0.1) is 5.41 Å². The highest BCUT2D eigenvalue weighted by molar-refractivity contribution is 6.18. The first kappa shape index (κ1) is 51.8. The second-order valence-electron chi connectivity index (χ2n) is 16.9. The maximum atomic E-state index is 13.7. The molecular formula is C50H94O3. The van der Waals surface area contributed by atoms with Crippen LogP contribution in [0.4, 0.5) is 0 Å². The smallest absolute Gasteiger partial charge is 0.153 e. The van der Waals surface area contributed by atoms with Crippen LogP contribution >= 0.6 is 0 Å². The lowest BCUT2D eigenvalue weighted by atomic mass is 9.73. The summed E-state index contributed by atoms with van der Waals surface area (Å²) in [4.78, 5) is 40.0. The summed E-state index contributed by atoms with van der Waals surface area (Å²) < 4.78 is 0. The van der Waals surface area contributed by atoms with Crippen molar-refractivity contribution in [2.45, 2.75) is 284 Å². The van der Waals surface area contributed by atoms with Crippen LogP contribution in [0.3, 0.4) is 0 Å². The van der Waals surface area contributed by atoms with E-state index in [-0.39, 0.29) is 11.6 Å². The van der Waals surface area contributed by atoms with Crippen molar-refractivity contribution in [1.82, 2.24) is 0 Å². The molecule has 0 aliphatic heterocycles. The van der Waals surface area contributed by atoms with Crippen LogP contribution in [0.1, 0.15) is 284 Å². The van der Waals surface area contributed by atoms with E-state index in [4.69, 9.17) is 0 Å². The lowest BCUT2D eigenvalue weighted by molar-refractivity contribution is -0.145. The van der Waals surface area contributed by atoms with Crippen molar-refractivity contribution in [2.75, 3.05) is 0 Å². The molecule has 53 heavy (non-hydrogen) atoms. The Morgan fingerprint density at radius 3 is 0.868 bits per heavy atom. The lowest BCUT2D eigenvalue weighted by Gasteiger charge is -2.25. The molecule has 0 amide bonds.